The summed E-state index contributed by atoms with van der Waals surface area (Å²) in [6, 6.07) is 8.69. The summed E-state index contributed by atoms with van der Waals surface area (Å²) in [5.74, 6) is 0.275. The van der Waals surface area contributed by atoms with E-state index in [2.05, 4.69) is 24.8 Å². The number of nitrogens with zero attached hydrogens (tertiary/aromatic N) is 2. The highest BCUT2D eigenvalue weighted by Gasteiger charge is 2.30. The third-order valence-corrected chi connectivity index (χ3v) is 5.20. The summed E-state index contributed by atoms with van der Waals surface area (Å²) in [5.41, 5.74) is 1.20. The summed E-state index contributed by atoms with van der Waals surface area (Å²) >= 11 is 6.01. The number of carbonyl (C=O) groups excluding carboxylic acids is 1. The quantitative estimate of drug-likeness (QED) is 0.659. The second kappa shape index (κ2) is 10.1. The van der Waals surface area contributed by atoms with Crippen molar-refractivity contribution in [2.24, 2.45) is 0 Å². The van der Waals surface area contributed by atoms with E-state index in [-0.39, 0.29) is 5.91 Å². The van der Waals surface area contributed by atoms with Crippen LogP contribution in [-0.2, 0) is 16.0 Å². The van der Waals surface area contributed by atoms with Crippen molar-refractivity contribution >= 4 is 17.5 Å². The van der Waals surface area contributed by atoms with E-state index in [9.17, 15) is 4.79 Å². The maximum Gasteiger partial charge on any atom is 0.222 e. The molecule has 0 spiro atoms. The Labute approximate surface area is 157 Å². The average Bonchev–Trinajstić information content (AvgIpc) is 2.57. The Hall–Kier alpha value is -1.10. The molecule has 1 fully saturated rings. The fraction of sp³-hybridized carbons (Fsp3) is 0.650. The predicted octanol–water partition coefficient (Wildman–Crippen LogP) is 3.62. The number of ether oxygens (including phenoxy) is 1. The summed E-state index contributed by atoms with van der Waals surface area (Å²) in [5, 5.41) is 0.760. The van der Waals surface area contributed by atoms with Gasteiger partial charge in [-0.25, -0.2) is 0 Å². The predicted molar refractivity (Wildman–Crippen MR) is 103 cm³/mol. The number of hydrogen-bond donors (Lipinski definition) is 0. The van der Waals surface area contributed by atoms with Gasteiger partial charge in [0, 0.05) is 56.9 Å². The lowest BCUT2D eigenvalue weighted by Gasteiger charge is -2.44. The average molecular weight is 367 g/mol. The number of benzene rings is 1. The summed E-state index contributed by atoms with van der Waals surface area (Å²) in [6.07, 6.45) is 3.42. The standard InChI is InChI=1S/C20H31ClN2O2/c1-16-14-22(15-17(2)23(16)11-6-12-25-3)20(24)10-5-8-18-7-4-9-19(21)13-18/h4,7,9,13,16-17H,5-6,8,10-12,14-15H2,1-3H3. The van der Waals surface area contributed by atoms with E-state index in [1.165, 1.54) is 5.56 Å². The zero-order valence-corrected chi connectivity index (χ0v) is 16.5. The van der Waals surface area contributed by atoms with Crippen LogP contribution in [0.15, 0.2) is 24.3 Å². The van der Waals surface area contributed by atoms with Crippen molar-refractivity contribution < 1.29 is 9.53 Å². The van der Waals surface area contributed by atoms with Crippen molar-refractivity contribution in [3.05, 3.63) is 34.9 Å². The lowest BCUT2D eigenvalue weighted by atomic mass is 10.0. The Balaban J connectivity index is 1.77. The van der Waals surface area contributed by atoms with Crippen LogP contribution < -0.4 is 0 Å². The number of rotatable bonds is 8. The third kappa shape index (κ3) is 6.28. The van der Waals surface area contributed by atoms with Gasteiger partial charge < -0.3 is 9.64 Å². The minimum atomic E-state index is 0.275. The second-order valence-corrected chi connectivity index (χ2v) is 7.50. The van der Waals surface area contributed by atoms with Crippen molar-refractivity contribution in [2.45, 2.75) is 51.6 Å². The molecule has 0 saturated carbocycles. The SMILES string of the molecule is COCCCN1C(C)CN(C(=O)CCCc2cccc(Cl)c2)CC1C. The van der Waals surface area contributed by atoms with E-state index < -0.39 is 0 Å². The Morgan fingerprint density at radius 2 is 1.96 bits per heavy atom. The number of piperazine rings is 1. The fourth-order valence-electron chi connectivity index (χ4n) is 3.69. The van der Waals surface area contributed by atoms with Crippen LogP contribution >= 0.6 is 11.6 Å². The van der Waals surface area contributed by atoms with Crippen molar-refractivity contribution in [1.29, 1.82) is 0 Å². The Morgan fingerprint density at radius 1 is 1.24 bits per heavy atom. The lowest BCUT2D eigenvalue weighted by Crippen LogP contribution is -2.58. The first-order valence-corrected chi connectivity index (χ1v) is 9.66. The normalized spacial score (nSPS) is 21.5. The maximum atomic E-state index is 12.6. The molecule has 0 aromatic heterocycles. The highest BCUT2D eigenvalue weighted by atomic mass is 35.5. The molecule has 0 N–H and O–H groups in total. The number of methoxy groups -OCH3 is 1. The van der Waals surface area contributed by atoms with E-state index in [1.807, 2.05) is 23.1 Å². The van der Waals surface area contributed by atoms with Gasteiger partial charge in [0.1, 0.15) is 0 Å². The molecular formula is C20H31ClN2O2. The van der Waals surface area contributed by atoms with Crippen molar-refractivity contribution in [3.63, 3.8) is 0 Å². The van der Waals surface area contributed by atoms with Crippen LogP contribution in [0.1, 0.15) is 38.7 Å². The number of amides is 1. The number of carbonyl (C=O) groups is 1. The van der Waals surface area contributed by atoms with Gasteiger partial charge in [-0.2, -0.15) is 0 Å². The summed E-state index contributed by atoms with van der Waals surface area (Å²) in [6.45, 7) is 7.92. The molecule has 25 heavy (non-hydrogen) atoms. The monoisotopic (exact) mass is 366 g/mol. The molecule has 1 aliphatic heterocycles. The van der Waals surface area contributed by atoms with E-state index in [4.69, 9.17) is 16.3 Å². The topological polar surface area (TPSA) is 32.8 Å². The molecule has 0 aliphatic carbocycles. The van der Waals surface area contributed by atoms with Crippen LogP contribution in [0.25, 0.3) is 0 Å². The Morgan fingerprint density at radius 3 is 2.60 bits per heavy atom. The van der Waals surface area contributed by atoms with Crippen LogP contribution in [0, 0.1) is 0 Å². The highest BCUT2D eigenvalue weighted by Crippen LogP contribution is 2.18. The van der Waals surface area contributed by atoms with Crippen LogP contribution in [0.5, 0.6) is 0 Å². The molecule has 5 heteroatoms. The van der Waals surface area contributed by atoms with E-state index in [0.717, 1.165) is 50.5 Å². The van der Waals surface area contributed by atoms with E-state index >= 15 is 0 Å². The molecule has 1 aromatic rings. The molecule has 4 nitrogen and oxygen atoms in total. The molecule has 1 saturated heterocycles. The summed E-state index contributed by atoms with van der Waals surface area (Å²) in [7, 11) is 1.74. The molecule has 0 bridgehead atoms. The molecule has 1 aromatic carbocycles. The molecule has 2 unspecified atom stereocenters. The van der Waals surface area contributed by atoms with Gasteiger partial charge in [-0.15, -0.1) is 0 Å². The van der Waals surface area contributed by atoms with Gasteiger partial charge in [-0.1, -0.05) is 23.7 Å². The van der Waals surface area contributed by atoms with Gasteiger partial charge in [-0.05, 0) is 50.8 Å². The maximum absolute atomic E-state index is 12.6. The number of hydrogen-bond acceptors (Lipinski definition) is 3. The van der Waals surface area contributed by atoms with Crippen LogP contribution in [0.4, 0.5) is 0 Å². The highest BCUT2D eigenvalue weighted by molar-refractivity contribution is 6.30. The molecule has 2 rings (SSSR count). The van der Waals surface area contributed by atoms with Crippen LogP contribution in [0.3, 0.4) is 0 Å². The van der Waals surface area contributed by atoms with Gasteiger partial charge in [0.05, 0.1) is 0 Å². The van der Waals surface area contributed by atoms with Gasteiger partial charge >= 0.3 is 0 Å². The first kappa shape index (κ1) is 20.2. The van der Waals surface area contributed by atoms with Crippen molar-refractivity contribution in [2.75, 3.05) is 33.4 Å². The molecule has 1 heterocycles. The minimum absolute atomic E-state index is 0.275. The zero-order chi connectivity index (χ0) is 18.2. The van der Waals surface area contributed by atoms with Gasteiger partial charge in [0.25, 0.3) is 0 Å². The fourth-order valence-corrected chi connectivity index (χ4v) is 3.90. The molecule has 0 radical (unpaired) electrons. The second-order valence-electron chi connectivity index (χ2n) is 7.06. The molecule has 1 aliphatic rings. The van der Waals surface area contributed by atoms with Crippen LogP contribution in [-0.4, -0.2) is 61.1 Å². The Bertz CT molecular complexity index is 540. The smallest absolute Gasteiger partial charge is 0.222 e. The molecular weight excluding hydrogens is 336 g/mol. The molecule has 140 valence electrons. The Kier molecular flexibility index (Phi) is 8.20. The summed E-state index contributed by atoms with van der Waals surface area (Å²) < 4.78 is 5.15. The zero-order valence-electron chi connectivity index (χ0n) is 15.7. The number of aryl methyl sites for hydroxylation is 1. The molecule has 2 atom stereocenters. The van der Waals surface area contributed by atoms with Crippen LogP contribution in [0.2, 0.25) is 5.02 Å². The van der Waals surface area contributed by atoms with Gasteiger partial charge in [0.2, 0.25) is 5.91 Å². The third-order valence-electron chi connectivity index (χ3n) is 4.96. The van der Waals surface area contributed by atoms with E-state index in [0.29, 0.717) is 18.5 Å². The van der Waals surface area contributed by atoms with Crippen molar-refractivity contribution in [1.82, 2.24) is 9.80 Å². The first-order valence-electron chi connectivity index (χ1n) is 9.28. The van der Waals surface area contributed by atoms with Crippen molar-refractivity contribution in [3.8, 4) is 0 Å². The van der Waals surface area contributed by atoms with E-state index in [1.54, 1.807) is 7.11 Å². The largest absolute Gasteiger partial charge is 0.385 e. The first-order chi connectivity index (χ1) is 12.0. The number of halogens is 1. The van der Waals surface area contributed by atoms with Gasteiger partial charge in [-0.3, -0.25) is 9.69 Å². The lowest BCUT2D eigenvalue weighted by molar-refractivity contribution is -0.135. The minimum Gasteiger partial charge on any atom is -0.385 e. The van der Waals surface area contributed by atoms with Gasteiger partial charge in [0.15, 0.2) is 0 Å². The summed E-state index contributed by atoms with van der Waals surface area (Å²) in [4.78, 5) is 17.1. The molecule has 1 amide bonds.